The number of rotatable bonds is 12. The monoisotopic (exact) mass is 1340 g/mol. The quantitative estimate of drug-likeness (QED) is 0.0893. The van der Waals surface area contributed by atoms with Crippen molar-refractivity contribution >= 4 is 34.7 Å². The molecule has 0 saturated carbocycles. The Balaban J connectivity index is 0.000000234. The fraction of sp³-hybridized carbons (Fsp3) is 0.548. The van der Waals surface area contributed by atoms with Gasteiger partial charge in [-0.15, -0.1) is 0 Å². The van der Waals surface area contributed by atoms with Crippen LogP contribution in [0.2, 0.25) is 0 Å². The summed E-state index contributed by atoms with van der Waals surface area (Å²) in [6.07, 6.45) is 4.18. The van der Waals surface area contributed by atoms with Crippen molar-refractivity contribution in [2.24, 2.45) is 0 Å². The molecule has 0 aliphatic heterocycles. The van der Waals surface area contributed by atoms with E-state index in [1.165, 1.54) is 33.4 Å². The van der Waals surface area contributed by atoms with Gasteiger partial charge in [0.2, 0.25) is 0 Å². The molecule has 0 aromatic heterocycles. The van der Waals surface area contributed by atoms with Crippen molar-refractivity contribution in [1.29, 1.82) is 0 Å². The molecule has 0 N–H and O–H groups in total. The SMILES string of the molecule is CC(C)(C)c1cc(C(=O)CC(=O)c2cc(C(C)(C)C)cc(C(C)(C)C)c2)cc(C(C)(C)C)c1.CC(C)(C)c1ccc(C(=O)CC(=O)c2ccc(C(C)(C)C)c(C(C)(C)C)c2)cc1C(C)(C)C.CC1(C)CCC(C)(C)c2cc(C(=O)CC(=O)c3ccc4c(c3)C(C)(C)CCC4(C)C)ccc21. The number of carbonyl (C=O) groups is 6. The third-order valence-electron chi connectivity index (χ3n) is 21.2. The highest BCUT2D eigenvalue weighted by Gasteiger charge is 2.40. The fourth-order valence-electron chi connectivity index (χ4n) is 13.9. The summed E-state index contributed by atoms with van der Waals surface area (Å²) >= 11 is 0. The lowest BCUT2D eigenvalue weighted by atomic mass is 9.62. The second-order valence-electron chi connectivity index (χ2n) is 40.2. The third-order valence-corrected chi connectivity index (χ3v) is 21.2. The molecule has 0 atom stereocenters. The van der Waals surface area contributed by atoms with Crippen molar-refractivity contribution in [1.82, 2.24) is 0 Å². The molecule has 6 nitrogen and oxygen atoms in total. The minimum atomic E-state index is -0.122. The van der Waals surface area contributed by atoms with Crippen LogP contribution in [0.25, 0.3) is 0 Å². The van der Waals surface area contributed by atoms with E-state index in [1.807, 2.05) is 60.7 Å². The van der Waals surface area contributed by atoms with Gasteiger partial charge in [-0.1, -0.05) is 282 Å². The van der Waals surface area contributed by atoms with E-state index in [4.69, 9.17) is 0 Å². The topological polar surface area (TPSA) is 102 Å². The highest BCUT2D eigenvalue weighted by Crippen LogP contribution is 2.48. The number of fused-ring (bicyclic) bond motifs is 2. The Labute approximate surface area is 600 Å². The number of benzene rings is 6. The highest BCUT2D eigenvalue weighted by atomic mass is 16.2. The Morgan fingerprint density at radius 3 is 0.657 bits per heavy atom. The van der Waals surface area contributed by atoms with Gasteiger partial charge in [-0.2, -0.15) is 0 Å². The van der Waals surface area contributed by atoms with Gasteiger partial charge in [0.15, 0.2) is 34.7 Å². The Hall–Kier alpha value is -6.66. The molecule has 99 heavy (non-hydrogen) atoms. The van der Waals surface area contributed by atoms with E-state index >= 15 is 0 Å². The van der Waals surface area contributed by atoms with E-state index in [-0.39, 0.29) is 119 Å². The second kappa shape index (κ2) is 28.3. The summed E-state index contributed by atoms with van der Waals surface area (Å²) in [6, 6.07) is 36.4. The van der Waals surface area contributed by atoms with Crippen LogP contribution in [0, 0.1) is 0 Å². The van der Waals surface area contributed by atoms with Crippen LogP contribution in [0.15, 0.2) is 109 Å². The van der Waals surface area contributed by atoms with Gasteiger partial charge in [-0.25, -0.2) is 0 Å². The summed E-state index contributed by atoms with van der Waals surface area (Å²) in [7, 11) is 0. The maximum Gasteiger partial charge on any atom is 0.170 e. The number of ketones is 6. The smallest absolute Gasteiger partial charge is 0.170 e. The predicted octanol–water partition coefficient (Wildman–Crippen LogP) is 24.5. The Bertz CT molecular complexity index is 3620. The molecule has 0 amide bonds. The molecular weight excluding hydrogens is 1210 g/mol. The second-order valence-corrected chi connectivity index (χ2v) is 40.2. The fourth-order valence-corrected chi connectivity index (χ4v) is 13.9. The summed E-state index contributed by atoms with van der Waals surface area (Å²) in [5, 5.41) is 0. The normalized spacial score (nSPS) is 16.0. The summed E-state index contributed by atoms with van der Waals surface area (Å²) < 4.78 is 0. The molecule has 8 rings (SSSR count). The minimum Gasteiger partial charge on any atom is -0.294 e. The van der Waals surface area contributed by atoms with Crippen molar-refractivity contribution < 1.29 is 28.8 Å². The first-order chi connectivity index (χ1) is 44.6. The number of hydrogen-bond acceptors (Lipinski definition) is 6. The first-order valence-electron chi connectivity index (χ1n) is 36.7. The van der Waals surface area contributed by atoms with E-state index in [1.54, 1.807) is 0 Å². The number of Topliss-reactive ketones (excluding diaryl/α,β-unsaturated/α-hetero) is 6. The van der Waals surface area contributed by atoms with Gasteiger partial charge < -0.3 is 0 Å². The molecule has 536 valence electrons. The van der Waals surface area contributed by atoms with E-state index in [2.05, 4.69) is 270 Å². The molecule has 0 unspecified atom stereocenters. The van der Waals surface area contributed by atoms with Crippen LogP contribution >= 0.6 is 0 Å². The summed E-state index contributed by atoms with van der Waals surface area (Å²) in [5.74, 6) is -0.643. The summed E-state index contributed by atoms with van der Waals surface area (Å²) in [4.78, 5) is 79.3. The molecule has 0 saturated heterocycles. The highest BCUT2D eigenvalue weighted by molar-refractivity contribution is 6.15. The molecular formula is C93H128O6. The van der Waals surface area contributed by atoms with E-state index < -0.39 is 0 Å². The van der Waals surface area contributed by atoms with Crippen molar-refractivity contribution in [2.75, 3.05) is 0 Å². The zero-order valence-electron chi connectivity index (χ0n) is 67.8. The minimum absolute atomic E-state index is 0.0157. The zero-order chi connectivity index (χ0) is 75.5. The molecule has 0 spiro atoms. The molecule has 0 heterocycles. The van der Waals surface area contributed by atoms with Gasteiger partial charge in [0.05, 0.1) is 19.3 Å². The summed E-state index contributed by atoms with van der Waals surface area (Å²) in [6.45, 7) is 70.2. The van der Waals surface area contributed by atoms with Crippen molar-refractivity contribution in [3.8, 4) is 0 Å². The first-order valence-corrected chi connectivity index (χ1v) is 36.7. The Morgan fingerprint density at radius 2 is 0.434 bits per heavy atom. The largest absolute Gasteiger partial charge is 0.294 e. The van der Waals surface area contributed by atoms with Gasteiger partial charge >= 0.3 is 0 Å². The molecule has 0 bridgehead atoms. The van der Waals surface area contributed by atoms with Crippen LogP contribution in [0.4, 0.5) is 0 Å². The molecule has 2 aliphatic carbocycles. The van der Waals surface area contributed by atoms with Crippen molar-refractivity contribution in [2.45, 2.75) is 331 Å². The van der Waals surface area contributed by atoms with E-state index in [9.17, 15) is 28.8 Å². The van der Waals surface area contributed by atoms with Gasteiger partial charge in [0.1, 0.15) is 0 Å². The molecule has 6 heteroatoms. The van der Waals surface area contributed by atoms with Gasteiger partial charge in [-0.3, -0.25) is 28.8 Å². The Morgan fingerprint density at radius 1 is 0.232 bits per heavy atom. The van der Waals surface area contributed by atoms with Crippen LogP contribution in [0.5, 0.6) is 0 Å². The molecule has 6 aromatic carbocycles. The van der Waals surface area contributed by atoms with E-state index in [0.29, 0.717) is 33.4 Å². The molecule has 2 aliphatic rings. The van der Waals surface area contributed by atoms with Crippen molar-refractivity contribution in [3.63, 3.8) is 0 Å². The standard InChI is InChI=1S/C31H40O2.2C31H44O2/c1-28(2)13-15-30(5,6)24-17-20(9-11-22(24)28)26(32)19-27(33)21-10-12-23-25(18-21)31(7,8)16-14-29(23,3)4;1-28(2,3)22-13-20(14-23(17-22)29(4,5)6)26(32)19-27(33)21-15-24(30(7,8)9)18-25(16-21)31(10,11)12;1-28(2,3)22-15-13-20(17-24(22)30(7,8)9)26(32)19-27(33)21-14-16-23(29(4,5)6)25(18-21)31(10,11)12/h9-12,17-18H,13-16,19H2,1-8H3;2*13-18H,19H2,1-12H3. The number of hydrogen-bond donors (Lipinski definition) is 0. The molecule has 0 radical (unpaired) electrons. The summed E-state index contributed by atoms with van der Waals surface area (Å²) in [5.41, 5.74) is 18.1. The Kier molecular flexibility index (Phi) is 23.2. The van der Waals surface area contributed by atoms with Crippen LogP contribution in [0.3, 0.4) is 0 Å². The third kappa shape index (κ3) is 19.9. The number of carbonyl (C=O) groups excluding carboxylic acids is 6. The lowest BCUT2D eigenvalue weighted by Crippen LogP contribution is -2.34. The predicted molar refractivity (Wildman–Crippen MR) is 419 cm³/mol. The first kappa shape index (κ1) is 81.3. The lowest BCUT2D eigenvalue weighted by Gasteiger charge is -2.42. The molecule has 0 fully saturated rings. The van der Waals surface area contributed by atoms with Crippen LogP contribution in [-0.2, 0) is 65.0 Å². The maximum absolute atomic E-state index is 13.3. The van der Waals surface area contributed by atoms with Crippen LogP contribution in [0.1, 0.15) is 395 Å². The van der Waals surface area contributed by atoms with Gasteiger partial charge in [0.25, 0.3) is 0 Å². The maximum atomic E-state index is 13.3. The molecule has 6 aromatic rings. The lowest BCUT2D eigenvalue weighted by molar-refractivity contribution is 0.0877. The average molecular weight is 1340 g/mol. The van der Waals surface area contributed by atoms with Gasteiger partial charge in [-0.05, 0) is 206 Å². The van der Waals surface area contributed by atoms with Gasteiger partial charge in [0, 0.05) is 33.4 Å². The van der Waals surface area contributed by atoms with Crippen LogP contribution in [-0.4, -0.2) is 34.7 Å². The zero-order valence-corrected chi connectivity index (χ0v) is 67.8. The van der Waals surface area contributed by atoms with Crippen molar-refractivity contribution in [3.05, 3.63) is 209 Å². The van der Waals surface area contributed by atoms with Crippen LogP contribution < -0.4 is 0 Å². The van der Waals surface area contributed by atoms with E-state index in [0.717, 1.165) is 59.1 Å². The average Bonchev–Trinajstić information content (AvgIpc) is 0.756.